The Hall–Kier alpha value is -3.10. The second-order valence-electron chi connectivity index (χ2n) is 7.68. The van der Waals surface area contributed by atoms with Gasteiger partial charge in [-0.25, -0.2) is 0 Å². The van der Waals surface area contributed by atoms with E-state index in [2.05, 4.69) is 83.4 Å². The van der Waals surface area contributed by atoms with E-state index in [-0.39, 0.29) is 5.41 Å². The van der Waals surface area contributed by atoms with Crippen LogP contribution in [-0.2, 0) is 11.8 Å². The van der Waals surface area contributed by atoms with Crippen molar-refractivity contribution < 1.29 is 0 Å². The van der Waals surface area contributed by atoms with Crippen molar-refractivity contribution in [2.24, 2.45) is 9.98 Å². The number of nitrogens with one attached hydrogen (secondary N) is 1. The fourth-order valence-electron chi connectivity index (χ4n) is 3.82. The summed E-state index contributed by atoms with van der Waals surface area (Å²) in [6, 6.07) is 17.1. The van der Waals surface area contributed by atoms with E-state index in [0.29, 0.717) is 0 Å². The van der Waals surface area contributed by atoms with E-state index in [0.717, 1.165) is 47.5 Å². The summed E-state index contributed by atoms with van der Waals surface area (Å²) in [7, 11) is 3.65. The fraction of sp³-hybridized carbons (Fsp3) is 0.296. The van der Waals surface area contributed by atoms with E-state index in [1.54, 1.807) is 18.8 Å². The summed E-state index contributed by atoms with van der Waals surface area (Å²) in [5.74, 6) is 0.860. The number of nitriles is 1. The molecule has 1 saturated carbocycles. The van der Waals surface area contributed by atoms with Crippen LogP contribution in [0.5, 0.6) is 0 Å². The molecule has 1 aliphatic carbocycles. The van der Waals surface area contributed by atoms with Crippen molar-refractivity contribution in [3.63, 3.8) is 0 Å². The number of nitrogens with zero attached hydrogens (tertiary/aromatic N) is 3. The molecule has 0 unspecified atom stereocenters. The monoisotopic (exact) mass is 442 g/mol. The van der Waals surface area contributed by atoms with Gasteiger partial charge in [-0.3, -0.25) is 9.98 Å². The van der Waals surface area contributed by atoms with Crippen LogP contribution in [0.3, 0.4) is 0 Å². The van der Waals surface area contributed by atoms with Gasteiger partial charge in [0.1, 0.15) is 5.84 Å². The van der Waals surface area contributed by atoms with Gasteiger partial charge in [-0.05, 0) is 64.8 Å². The van der Waals surface area contributed by atoms with E-state index in [1.165, 1.54) is 16.3 Å². The first-order valence-electron chi connectivity index (χ1n) is 10.9. The molecule has 0 atom stereocenters. The van der Waals surface area contributed by atoms with E-state index >= 15 is 0 Å². The van der Waals surface area contributed by atoms with Crippen molar-refractivity contribution in [3.8, 4) is 6.07 Å². The Kier molecular flexibility index (Phi) is 8.08. The molecule has 2 aromatic carbocycles. The summed E-state index contributed by atoms with van der Waals surface area (Å²) in [5, 5.41) is 16.3. The molecule has 1 heterocycles. The van der Waals surface area contributed by atoms with Gasteiger partial charge in [-0.2, -0.15) is 5.26 Å². The highest BCUT2D eigenvalue weighted by atomic mass is 32.2. The van der Waals surface area contributed by atoms with Gasteiger partial charge in [0, 0.05) is 14.1 Å². The van der Waals surface area contributed by atoms with E-state index in [4.69, 9.17) is 5.26 Å². The first-order chi connectivity index (χ1) is 15.6. The largest absolute Gasteiger partial charge is 0.373 e. The molecule has 0 bridgehead atoms. The van der Waals surface area contributed by atoms with Crippen molar-refractivity contribution in [2.75, 3.05) is 20.6 Å². The first-order valence-corrected chi connectivity index (χ1v) is 11.8. The minimum absolute atomic E-state index is 0.118. The maximum absolute atomic E-state index is 9.08. The highest BCUT2D eigenvalue weighted by Crippen LogP contribution is 2.48. The molecule has 4 rings (SSSR count). The van der Waals surface area contributed by atoms with E-state index in [1.807, 2.05) is 18.5 Å². The van der Waals surface area contributed by atoms with E-state index < -0.39 is 0 Å². The van der Waals surface area contributed by atoms with Crippen LogP contribution in [0.1, 0.15) is 36.5 Å². The van der Waals surface area contributed by atoms with Crippen LogP contribution in [0, 0.1) is 11.3 Å². The summed E-state index contributed by atoms with van der Waals surface area (Å²) in [4.78, 5) is 9.68. The zero-order valence-electron chi connectivity index (χ0n) is 19.1. The van der Waals surface area contributed by atoms with Gasteiger partial charge in [-0.15, -0.1) is 0 Å². The molecule has 0 aromatic heterocycles. The van der Waals surface area contributed by atoms with Gasteiger partial charge in [0.05, 0.1) is 28.3 Å². The zero-order valence-corrected chi connectivity index (χ0v) is 19.9. The van der Waals surface area contributed by atoms with Crippen LogP contribution in [-0.4, -0.2) is 26.5 Å². The lowest BCUT2D eigenvalue weighted by Crippen LogP contribution is -2.21. The third-order valence-corrected chi connectivity index (χ3v) is 6.44. The van der Waals surface area contributed by atoms with Crippen molar-refractivity contribution >= 4 is 29.7 Å². The minimum atomic E-state index is -0.118. The molecular weight excluding hydrogens is 412 g/mol. The Bertz CT molecular complexity index is 1200. The molecule has 4 nitrogen and oxygen atoms in total. The molecular formula is C27H30N4S. The minimum Gasteiger partial charge on any atom is -0.373 e. The fourth-order valence-corrected chi connectivity index (χ4v) is 4.51. The molecule has 2 aliphatic rings. The molecule has 1 N–H and O–H groups in total. The van der Waals surface area contributed by atoms with Crippen LogP contribution in [0.15, 0.2) is 69.3 Å². The zero-order chi connectivity index (χ0) is 23.0. The number of rotatable bonds is 6. The molecule has 2 aromatic rings. The Labute approximate surface area is 195 Å². The number of aryl methyl sites for hydroxylation is 1. The van der Waals surface area contributed by atoms with Gasteiger partial charge in [0.25, 0.3) is 0 Å². The third-order valence-electron chi connectivity index (χ3n) is 5.70. The van der Waals surface area contributed by atoms with Gasteiger partial charge in [-0.1, -0.05) is 61.7 Å². The summed E-state index contributed by atoms with van der Waals surface area (Å²) in [6.07, 6.45) is 7.36. The van der Waals surface area contributed by atoms with Crippen LogP contribution < -0.4 is 15.9 Å². The van der Waals surface area contributed by atoms with Crippen LogP contribution in [0.25, 0.3) is 12.2 Å². The number of hydrogen-bond donors (Lipinski definition) is 1. The Morgan fingerprint density at radius 2 is 2.09 bits per heavy atom. The van der Waals surface area contributed by atoms with Crippen molar-refractivity contribution in [3.05, 3.63) is 86.6 Å². The highest BCUT2D eigenvalue weighted by molar-refractivity contribution is 8.06. The lowest BCUT2D eigenvalue weighted by atomic mass is 9.91. The number of likely N-dealkylation sites (N-methyl/N-ethyl adjacent to an activating group) is 1. The summed E-state index contributed by atoms with van der Waals surface area (Å²) >= 11 is 1.56. The first kappa shape index (κ1) is 23.6. The number of aliphatic imine (C=N–C) groups is 1. The predicted octanol–water partition coefficient (Wildman–Crippen LogP) is 4.37. The Morgan fingerprint density at radius 3 is 2.72 bits per heavy atom. The van der Waals surface area contributed by atoms with Crippen molar-refractivity contribution in [2.45, 2.75) is 31.6 Å². The highest BCUT2D eigenvalue weighted by Gasteiger charge is 2.45. The number of benzene rings is 2. The quantitative estimate of drug-likeness (QED) is 0.534. The van der Waals surface area contributed by atoms with E-state index in [9.17, 15) is 0 Å². The second kappa shape index (κ2) is 11.0. The molecule has 1 aliphatic heterocycles. The lowest BCUT2D eigenvalue weighted by molar-refractivity contribution is 0.878. The lowest BCUT2D eigenvalue weighted by Gasteiger charge is -2.10. The molecule has 32 heavy (non-hydrogen) atoms. The molecule has 164 valence electrons. The molecule has 5 heteroatoms. The average molecular weight is 443 g/mol. The third kappa shape index (κ3) is 5.38. The topological polar surface area (TPSA) is 60.5 Å². The molecule has 0 saturated heterocycles. The molecule has 0 amide bonds. The van der Waals surface area contributed by atoms with Gasteiger partial charge >= 0.3 is 0 Å². The standard InChI is InChI=1S/C15H17N3S.C12H13N/c1-4-19-14(15(16-2)17-3)10-11-5-6-13-12(9-11)7-8-18-13;1-2-10-5-3-4-6-11(10)12(9-13)7-8-12/h4-7,9-10H,1,8H2,2-3H3,(H,16,17);3-6H,2,7-8H2,1H3/b14-10-;. The number of fused-ring (bicyclic) bond motifs is 1. The maximum Gasteiger partial charge on any atom is 0.134 e. The summed E-state index contributed by atoms with van der Waals surface area (Å²) in [6.45, 7) is 6.70. The van der Waals surface area contributed by atoms with Crippen molar-refractivity contribution in [1.29, 1.82) is 5.26 Å². The maximum atomic E-state index is 9.08. The second-order valence-corrected chi connectivity index (χ2v) is 8.69. The molecule has 0 spiro atoms. The Morgan fingerprint density at radius 1 is 1.31 bits per heavy atom. The summed E-state index contributed by atoms with van der Waals surface area (Å²) in [5.41, 5.74) is 3.63. The molecule has 1 fully saturated rings. The smallest absolute Gasteiger partial charge is 0.134 e. The Balaban J connectivity index is 0.000000193. The number of hydrogen-bond acceptors (Lipinski definition) is 4. The van der Waals surface area contributed by atoms with Gasteiger partial charge < -0.3 is 5.32 Å². The van der Waals surface area contributed by atoms with Crippen LogP contribution >= 0.6 is 11.8 Å². The van der Waals surface area contributed by atoms with Gasteiger partial charge in [0.15, 0.2) is 0 Å². The SMILES string of the molecule is C=CS/C(=C\c1ccc2c(c1)=CCN=2)C(=NC)NC.CCc1ccccc1C1(C#N)CC1. The number of amidine groups is 1. The van der Waals surface area contributed by atoms with Crippen molar-refractivity contribution in [1.82, 2.24) is 5.32 Å². The van der Waals surface area contributed by atoms with Gasteiger partial charge in [0.2, 0.25) is 0 Å². The van der Waals surface area contributed by atoms with Crippen LogP contribution in [0.2, 0.25) is 0 Å². The van der Waals surface area contributed by atoms with Crippen LogP contribution in [0.4, 0.5) is 0 Å². The number of thioether (sulfide) groups is 1. The predicted molar refractivity (Wildman–Crippen MR) is 137 cm³/mol. The summed E-state index contributed by atoms with van der Waals surface area (Å²) < 4.78 is 0. The average Bonchev–Trinajstić information content (AvgIpc) is 3.49. The molecule has 0 radical (unpaired) electrons. The normalized spacial score (nSPS) is 15.8.